The quantitative estimate of drug-likeness (QED) is 0.493. The van der Waals surface area contributed by atoms with Crippen LogP contribution >= 0.6 is 11.8 Å². The Morgan fingerprint density at radius 3 is 2.44 bits per heavy atom. The van der Waals surface area contributed by atoms with Gasteiger partial charge in [0, 0.05) is 38.1 Å². The minimum Gasteiger partial charge on any atom is -0.372 e. The van der Waals surface area contributed by atoms with E-state index in [2.05, 4.69) is 71.4 Å². The van der Waals surface area contributed by atoms with Gasteiger partial charge in [-0.1, -0.05) is 30.0 Å². The first-order chi connectivity index (χ1) is 15.5. The molecule has 4 rings (SSSR count). The monoisotopic (exact) mass is 449 g/mol. The Labute approximate surface area is 194 Å². The van der Waals surface area contributed by atoms with E-state index in [0.29, 0.717) is 12.3 Å². The van der Waals surface area contributed by atoms with Crippen molar-refractivity contribution in [3.8, 4) is 5.69 Å². The predicted octanol–water partition coefficient (Wildman–Crippen LogP) is 4.63. The summed E-state index contributed by atoms with van der Waals surface area (Å²) in [6.07, 6.45) is 5.58. The van der Waals surface area contributed by atoms with Crippen LogP contribution in [-0.2, 0) is 11.3 Å². The Bertz CT molecular complexity index is 1060. The van der Waals surface area contributed by atoms with Gasteiger partial charge in [-0.2, -0.15) is 0 Å². The number of rotatable bonds is 7. The first-order valence-corrected chi connectivity index (χ1v) is 12.2. The molecule has 0 spiro atoms. The molecule has 0 aliphatic carbocycles. The summed E-state index contributed by atoms with van der Waals surface area (Å²) < 4.78 is 1.93. The zero-order chi connectivity index (χ0) is 22.5. The second kappa shape index (κ2) is 10.2. The smallest absolute Gasteiger partial charge is 0.233 e. The van der Waals surface area contributed by atoms with Crippen molar-refractivity contribution in [2.45, 2.75) is 44.8 Å². The molecule has 168 valence electrons. The summed E-state index contributed by atoms with van der Waals surface area (Å²) in [6.45, 7) is 7.07. The van der Waals surface area contributed by atoms with E-state index >= 15 is 0 Å². The molecule has 1 fully saturated rings. The highest BCUT2D eigenvalue weighted by molar-refractivity contribution is 7.99. The van der Waals surface area contributed by atoms with E-state index in [1.165, 1.54) is 47.8 Å². The molecule has 1 amide bonds. The molecule has 2 aromatic carbocycles. The summed E-state index contributed by atoms with van der Waals surface area (Å²) in [5, 5.41) is 8.99. The number of amides is 1. The largest absolute Gasteiger partial charge is 0.372 e. The maximum absolute atomic E-state index is 12.7. The molecule has 7 heteroatoms. The van der Waals surface area contributed by atoms with E-state index < -0.39 is 0 Å². The van der Waals surface area contributed by atoms with Gasteiger partial charge in [0.1, 0.15) is 6.33 Å². The second-order valence-corrected chi connectivity index (χ2v) is 9.45. The molecule has 1 aromatic heterocycles. The molecule has 0 radical (unpaired) electrons. The van der Waals surface area contributed by atoms with Crippen LogP contribution in [0.3, 0.4) is 0 Å². The maximum Gasteiger partial charge on any atom is 0.233 e. The van der Waals surface area contributed by atoms with Gasteiger partial charge in [-0.3, -0.25) is 9.36 Å². The third kappa shape index (κ3) is 5.33. The maximum atomic E-state index is 12.7. The molecule has 1 aliphatic heterocycles. The number of hydrogen-bond acceptors (Lipinski definition) is 5. The van der Waals surface area contributed by atoms with Crippen LogP contribution in [0.25, 0.3) is 5.69 Å². The Morgan fingerprint density at radius 1 is 1.00 bits per heavy atom. The number of carbonyl (C=O) groups is 1. The Hall–Kier alpha value is -2.80. The van der Waals surface area contributed by atoms with Crippen LogP contribution in [0.1, 0.15) is 36.0 Å². The first kappa shape index (κ1) is 22.4. The molecule has 3 aromatic rings. The van der Waals surface area contributed by atoms with Gasteiger partial charge in [0.15, 0.2) is 5.16 Å². The number of aromatic nitrogens is 3. The van der Waals surface area contributed by atoms with Crippen molar-refractivity contribution in [3.05, 3.63) is 65.5 Å². The minimum absolute atomic E-state index is 0.0738. The minimum atomic E-state index is 0.0738. The van der Waals surface area contributed by atoms with Crippen LogP contribution in [-0.4, -0.2) is 51.5 Å². The summed E-state index contributed by atoms with van der Waals surface area (Å²) in [5.74, 6) is 0.399. The number of aryl methyl sites for hydroxylation is 2. The predicted molar refractivity (Wildman–Crippen MR) is 131 cm³/mol. The van der Waals surface area contributed by atoms with Crippen molar-refractivity contribution in [2.75, 3.05) is 30.8 Å². The van der Waals surface area contributed by atoms with Gasteiger partial charge in [-0.15, -0.1) is 10.2 Å². The molecule has 6 nitrogen and oxygen atoms in total. The highest BCUT2D eigenvalue weighted by atomic mass is 32.2. The van der Waals surface area contributed by atoms with Gasteiger partial charge in [0.2, 0.25) is 5.91 Å². The molecule has 0 atom stereocenters. The normalized spacial score (nSPS) is 13.9. The number of benzene rings is 2. The fourth-order valence-corrected chi connectivity index (χ4v) is 4.81. The Balaban J connectivity index is 1.33. The number of thioether (sulfide) groups is 1. The standard InChI is InChI=1S/C25H31N5OS/c1-19-7-10-23(15-20(19)2)30-18-26-27-25(30)32-17-24(31)28(3)16-21-8-11-22(12-9-21)29-13-5-4-6-14-29/h7-12,15,18H,4-6,13-14,16-17H2,1-3H3. The van der Waals surface area contributed by atoms with E-state index in [0.717, 1.165) is 29.5 Å². The van der Waals surface area contributed by atoms with Crippen LogP contribution in [0.15, 0.2) is 53.9 Å². The Kier molecular flexibility index (Phi) is 7.15. The number of carbonyl (C=O) groups excluding carboxylic acids is 1. The van der Waals surface area contributed by atoms with Crippen molar-refractivity contribution in [1.29, 1.82) is 0 Å². The van der Waals surface area contributed by atoms with Gasteiger partial charge in [0.05, 0.1) is 5.75 Å². The molecule has 1 saturated heterocycles. The van der Waals surface area contributed by atoms with E-state index in [4.69, 9.17) is 0 Å². The number of anilines is 1. The van der Waals surface area contributed by atoms with Gasteiger partial charge in [-0.25, -0.2) is 0 Å². The summed E-state index contributed by atoms with van der Waals surface area (Å²) in [6, 6.07) is 14.9. The van der Waals surface area contributed by atoms with Crippen molar-refractivity contribution in [3.63, 3.8) is 0 Å². The lowest BCUT2D eigenvalue weighted by Crippen LogP contribution is -2.29. The van der Waals surface area contributed by atoms with Gasteiger partial charge >= 0.3 is 0 Å². The lowest BCUT2D eigenvalue weighted by Gasteiger charge is -2.29. The Morgan fingerprint density at radius 2 is 1.72 bits per heavy atom. The van der Waals surface area contributed by atoms with Crippen molar-refractivity contribution < 1.29 is 4.79 Å². The highest BCUT2D eigenvalue weighted by Crippen LogP contribution is 2.23. The average Bonchev–Trinajstić information content (AvgIpc) is 3.29. The van der Waals surface area contributed by atoms with Crippen LogP contribution in [0.4, 0.5) is 5.69 Å². The van der Waals surface area contributed by atoms with Crippen LogP contribution in [0.5, 0.6) is 0 Å². The van der Waals surface area contributed by atoms with E-state index in [9.17, 15) is 4.79 Å². The summed E-state index contributed by atoms with van der Waals surface area (Å²) in [4.78, 5) is 17.0. The van der Waals surface area contributed by atoms with Crippen LogP contribution in [0, 0.1) is 13.8 Å². The molecule has 0 unspecified atom stereocenters. The fourth-order valence-electron chi connectivity index (χ4n) is 3.94. The van der Waals surface area contributed by atoms with Gasteiger partial charge in [-0.05, 0) is 74.1 Å². The summed E-state index contributed by atoms with van der Waals surface area (Å²) >= 11 is 1.42. The van der Waals surface area contributed by atoms with Gasteiger partial charge < -0.3 is 9.80 Å². The molecule has 0 bridgehead atoms. The molecular formula is C25H31N5OS. The van der Waals surface area contributed by atoms with E-state index in [-0.39, 0.29) is 5.91 Å². The molecule has 1 aliphatic rings. The van der Waals surface area contributed by atoms with E-state index in [1.54, 1.807) is 11.2 Å². The summed E-state index contributed by atoms with van der Waals surface area (Å²) in [7, 11) is 1.86. The molecular weight excluding hydrogens is 418 g/mol. The average molecular weight is 450 g/mol. The fraction of sp³-hybridized carbons (Fsp3) is 0.400. The zero-order valence-electron chi connectivity index (χ0n) is 19.1. The van der Waals surface area contributed by atoms with Crippen molar-refractivity contribution in [2.24, 2.45) is 0 Å². The number of piperidine rings is 1. The number of hydrogen-bond donors (Lipinski definition) is 0. The topological polar surface area (TPSA) is 54.3 Å². The molecule has 2 heterocycles. The third-order valence-corrected chi connectivity index (χ3v) is 7.04. The van der Waals surface area contributed by atoms with Crippen LogP contribution < -0.4 is 4.90 Å². The number of nitrogens with zero attached hydrogens (tertiary/aromatic N) is 5. The highest BCUT2D eigenvalue weighted by Gasteiger charge is 2.15. The van der Waals surface area contributed by atoms with Crippen molar-refractivity contribution >= 4 is 23.4 Å². The van der Waals surface area contributed by atoms with Crippen molar-refractivity contribution in [1.82, 2.24) is 19.7 Å². The van der Waals surface area contributed by atoms with Gasteiger partial charge in [0.25, 0.3) is 0 Å². The SMILES string of the molecule is Cc1ccc(-n2cnnc2SCC(=O)N(C)Cc2ccc(N3CCCCC3)cc2)cc1C. The molecule has 0 N–H and O–H groups in total. The zero-order valence-corrected chi connectivity index (χ0v) is 19.9. The molecule has 32 heavy (non-hydrogen) atoms. The van der Waals surface area contributed by atoms with E-state index in [1.807, 2.05) is 11.6 Å². The lowest BCUT2D eigenvalue weighted by atomic mass is 10.1. The lowest BCUT2D eigenvalue weighted by molar-refractivity contribution is -0.127. The third-order valence-electron chi connectivity index (χ3n) is 6.11. The first-order valence-electron chi connectivity index (χ1n) is 11.2. The second-order valence-electron chi connectivity index (χ2n) is 8.50. The molecule has 0 saturated carbocycles. The van der Waals surface area contributed by atoms with Crippen LogP contribution in [0.2, 0.25) is 0 Å². The summed E-state index contributed by atoms with van der Waals surface area (Å²) in [5.41, 5.74) is 5.90.